The Labute approximate surface area is 228 Å². The van der Waals surface area contributed by atoms with E-state index in [0.717, 1.165) is 22.6 Å². The number of urea groups is 1. The first kappa shape index (κ1) is 27.3. The lowest BCUT2D eigenvalue weighted by Crippen LogP contribution is -2.54. The highest BCUT2D eigenvalue weighted by Crippen LogP contribution is 2.37. The van der Waals surface area contributed by atoms with Gasteiger partial charge in [0.2, 0.25) is 0 Å². The Hall–Kier alpha value is -4.70. The van der Waals surface area contributed by atoms with Gasteiger partial charge in [-0.15, -0.1) is 0 Å². The number of carbonyl (C=O) groups is 4. The molecule has 1 aliphatic heterocycles. The minimum atomic E-state index is -0.963. The molecule has 0 bridgehead atoms. The molecule has 0 atom stereocenters. The van der Waals surface area contributed by atoms with E-state index in [1.807, 2.05) is 19.1 Å². The van der Waals surface area contributed by atoms with Crippen molar-refractivity contribution in [1.82, 2.24) is 5.32 Å². The van der Waals surface area contributed by atoms with Crippen LogP contribution >= 0.6 is 11.6 Å². The minimum Gasteiger partial charge on any atom is -0.490 e. The quantitative estimate of drug-likeness (QED) is 0.305. The number of halogens is 2. The van der Waals surface area contributed by atoms with Crippen LogP contribution in [0.5, 0.6) is 11.5 Å². The van der Waals surface area contributed by atoms with Crippen molar-refractivity contribution in [2.45, 2.75) is 13.8 Å². The molecule has 1 aliphatic rings. The Bertz CT molecular complexity index is 1470. The minimum absolute atomic E-state index is 0.0612. The molecule has 11 heteroatoms. The fraction of sp³-hybridized carbons (Fsp3) is 0.143. The topological polar surface area (TPSA) is 114 Å². The number of imide groups is 2. The van der Waals surface area contributed by atoms with Gasteiger partial charge in [-0.1, -0.05) is 29.3 Å². The van der Waals surface area contributed by atoms with E-state index >= 15 is 0 Å². The van der Waals surface area contributed by atoms with Gasteiger partial charge in [-0.2, -0.15) is 0 Å². The number of aryl methyl sites for hydroxylation is 1. The second kappa shape index (κ2) is 11.8. The summed E-state index contributed by atoms with van der Waals surface area (Å²) in [6, 6.07) is 13.8. The molecule has 1 heterocycles. The van der Waals surface area contributed by atoms with Crippen molar-refractivity contribution in [1.29, 1.82) is 0 Å². The van der Waals surface area contributed by atoms with Crippen molar-refractivity contribution in [2.75, 3.05) is 23.4 Å². The van der Waals surface area contributed by atoms with E-state index in [2.05, 4.69) is 10.6 Å². The third-order valence-electron chi connectivity index (χ3n) is 5.51. The highest BCUT2D eigenvalue weighted by molar-refractivity contribution is 6.39. The Morgan fingerprint density at radius 1 is 1.05 bits per heavy atom. The van der Waals surface area contributed by atoms with Gasteiger partial charge in [0, 0.05) is 5.69 Å². The number of hydrogen-bond donors (Lipinski definition) is 2. The van der Waals surface area contributed by atoms with Gasteiger partial charge in [0.05, 0.1) is 17.3 Å². The number of amides is 5. The van der Waals surface area contributed by atoms with E-state index in [1.165, 1.54) is 30.3 Å². The van der Waals surface area contributed by atoms with Gasteiger partial charge >= 0.3 is 6.03 Å². The fourth-order valence-electron chi connectivity index (χ4n) is 3.69. The molecule has 0 spiro atoms. The first-order valence-electron chi connectivity index (χ1n) is 11.8. The van der Waals surface area contributed by atoms with Crippen LogP contribution in [0.25, 0.3) is 6.08 Å². The van der Waals surface area contributed by atoms with Crippen molar-refractivity contribution in [2.24, 2.45) is 0 Å². The average molecular weight is 552 g/mol. The van der Waals surface area contributed by atoms with Crippen LogP contribution in [0.1, 0.15) is 18.1 Å². The normalized spacial score (nSPS) is 14.3. The van der Waals surface area contributed by atoms with Gasteiger partial charge in [-0.3, -0.25) is 19.7 Å². The first-order chi connectivity index (χ1) is 18.7. The second-order valence-electron chi connectivity index (χ2n) is 8.40. The van der Waals surface area contributed by atoms with Crippen molar-refractivity contribution < 1.29 is 33.0 Å². The van der Waals surface area contributed by atoms with E-state index < -0.39 is 29.6 Å². The molecule has 39 heavy (non-hydrogen) atoms. The van der Waals surface area contributed by atoms with Crippen LogP contribution in [0.3, 0.4) is 0 Å². The summed E-state index contributed by atoms with van der Waals surface area (Å²) in [7, 11) is 0. The van der Waals surface area contributed by atoms with Crippen molar-refractivity contribution in [3.63, 3.8) is 0 Å². The number of nitrogens with zero attached hydrogens (tertiary/aromatic N) is 1. The van der Waals surface area contributed by atoms with E-state index in [0.29, 0.717) is 11.3 Å². The summed E-state index contributed by atoms with van der Waals surface area (Å²) in [5, 5.41) is 4.88. The molecule has 9 nitrogen and oxygen atoms in total. The smallest absolute Gasteiger partial charge is 0.335 e. The maximum absolute atomic E-state index is 13.3. The molecule has 200 valence electrons. The third kappa shape index (κ3) is 6.42. The summed E-state index contributed by atoms with van der Waals surface area (Å²) in [4.78, 5) is 51.1. The lowest BCUT2D eigenvalue weighted by atomic mass is 10.1. The number of rotatable bonds is 8. The lowest BCUT2D eigenvalue weighted by molar-refractivity contribution is -0.122. The third-order valence-corrected chi connectivity index (χ3v) is 5.79. The molecular formula is C28H23ClFN3O6. The predicted molar refractivity (Wildman–Crippen MR) is 143 cm³/mol. The molecule has 5 amide bonds. The lowest BCUT2D eigenvalue weighted by Gasteiger charge is -2.26. The summed E-state index contributed by atoms with van der Waals surface area (Å²) >= 11 is 6.43. The first-order valence-corrected chi connectivity index (χ1v) is 12.2. The highest BCUT2D eigenvalue weighted by atomic mass is 35.5. The maximum atomic E-state index is 13.3. The summed E-state index contributed by atoms with van der Waals surface area (Å²) in [6.45, 7) is 3.54. The van der Waals surface area contributed by atoms with Crippen LogP contribution in [0, 0.1) is 12.7 Å². The van der Waals surface area contributed by atoms with Gasteiger partial charge in [-0.25, -0.2) is 14.1 Å². The van der Waals surface area contributed by atoms with Crippen molar-refractivity contribution in [3.8, 4) is 11.5 Å². The Kier molecular flexibility index (Phi) is 8.26. The molecule has 0 saturated carbocycles. The summed E-state index contributed by atoms with van der Waals surface area (Å²) in [5.74, 6) is -2.51. The van der Waals surface area contributed by atoms with E-state index in [9.17, 15) is 23.6 Å². The molecule has 0 radical (unpaired) electrons. The Balaban J connectivity index is 1.57. The molecule has 1 fully saturated rings. The molecule has 1 saturated heterocycles. The molecule has 3 aromatic carbocycles. The van der Waals surface area contributed by atoms with Gasteiger partial charge in [0.15, 0.2) is 18.1 Å². The number of nitrogens with one attached hydrogen (secondary N) is 2. The van der Waals surface area contributed by atoms with Crippen LogP contribution in [0.15, 0.2) is 66.2 Å². The number of barbiturate groups is 1. The summed E-state index contributed by atoms with van der Waals surface area (Å²) in [5.41, 5.74) is 1.68. The van der Waals surface area contributed by atoms with Gasteiger partial charge in [-0.05, 0) is 74.0 Å². The maximum Gasteiger partial charge on any atom is 0.335 e. The second-order valence-corrected chi connectivity index (χ2v) is 8.81. The van der Waals surface area contributed by atoms with Gasteiger partial charge < -0.3 is 14.8 Å². The van der Waals surface area contributed by atoms with Crippen LogP contribution < -0.4 is 25.0 Å². The molecule has 0 unspecified atom stereocenters. The number of benzene rings is 3. The Morgan fingerprint density at radius 2 is 1.74 bits per heavy atom. The SMILES string of the molecule is CCOc1cc(/C=C2\C(=O)NC(=O)N(c3ccc(F)cc3)C2=O)cc(Cl)c1OCC(=O)Nc1ccc(C)cc1. The van der Waals surface area contributed by atoms with Crippen LogP contribution in [-0.2, 0) is 14.4 Å². The van der Waals surface area contributed by atoms with Crippen LogP contribution in [-0.4, -0.2) is 37.0 Å². The summed E-state index contributed by atoms with van der Waals surface area (Å²) in [6.07, 6.45) is 1.24. The summed E-state index contributed by atoms with van der Waals surface area (Å²) < 4.78 is 24.6. The molecule has 3 aromatic rings. The fourth-order valence-corrected chi connectivity index (χ4v) is 3.97. The van der Waals surface area contributed by atoms with Crippen LogP contribution in [0.4, 0.5) is 20.6 Å². The largest absolute Gasteiger partial charge is 0.490 e. The number of ether oxygens (including phenoxy) is 2. The molecule has 4 rings (SSSR count). The number of anilines is 2. The van der Waals surface area contributed by atoms with E-state index in [4.69, 9.17) is 21.1 Å². The van der Waals surface area contributed by atoms with Gasteiger partial charge in [0.25, 0.3) is 17.7 Å². The number of hydrogen-bond acceptors (Lipinski definition) is 6. The van der Waals surface area contributed by atoms with Crippen LogP contribution in [0.2, 0.25) is 5.02 Å². The van der Waals surface area contributed by atoms with E-state index in [-0.39, 0.29) is 41.0 Å². The van der Waals surface area contributed by atoms with Crippen molar-refractivity contribution in [3.05, 3.63) is 88.2 Å². The zero-order chi connectivity index (χ0) is 28.1. The predicted octanol–water partition coefficient (Wildman–Crippen LogP) is 4.87. The zero-order valence-electron chi connectivity index (χ0n) is 20.9. The molecule has 0 aromatic heterocycles. The molecule has 2 N–H and O–H groups in total. The molecule has 0 aliphatic carbocycles. The van der Waals surface area contributed by atoms with E-state index in [1.54, 1.807) is 19.1 Å². The standard InChI is InChI=1S/C28H23ClFN3O6/c1-3-38-23-14-17(13-22(29)25(23)39-15-24(34)31-19-8-4-16(2)5-9-19)12-21-26(35)32-28(37)33(27(21)36)20-10-6-18(30)7-11-20/h4-14H,3,15H2,1-2H3,(H,31,34)(H,32,35,37)/b21-12+. The average Bonchev–Trinajstić information content (AvgIpc) is 2.88. The van der Waals surface area contributed by atoms with Gasteiger partial charge in [0.1, 0.15) is 11.4 Å². The highest BCUT2D eigenvalue weighted by Gasteiger charge is 2.37. The monoisotopic (exact) mass is 551 g/mol. The zero-order valence-corrected chi connectivity index (χ0v) is 21.7. The number of carbonyl (C=O) groups excluding carboxylic acids is 4. The molecular weight excluding hydrogens is 529 g/mol. The Morgan fingerprint density at radius 3 is 2.41 bits per heavy atom. The van der Waals surface area contributed by atoms with Crippen molar-refractivity contribution >= 4 is 52.8 Å².